The predicted molar refractivity (Wildman–Crippen MR) is 116 cm³/mol. The summed E-state index contributed by atoms with van der Waals surface area (Å²) in [5, 5.41) is 12.7. The van der Waals surface area contributed by atoms with Crippen LogP contribution in [0.4, 0.5) is 4.79 Å². The molecule has 0 fully saturated rings. The Bertz CT molecular complexity index is 937. The highest BCUT2D eigenvalue weighted by Gasteiger charge is 2.23. The lowest BCUT2D eigenvalue weighted by molar-refractivity contribution is -0.124. The second kappa shape index (κ2) is 10.2. The van der Waals surface area contributed by atoms with Crippen LogP contribution in [0.2, 0.25) is 0 Å². The summed E-state index contributed by atoms with van der Waals surface area (Å²) in [6.07, 6.45) is 3.60. The third kappa shape index (κ3) is 5.94. The Kier molecular flexibility index (Phi) is 7.21. The minimum atomic E-state index is -0.621. The van der Waals surface area contributed by atoms with Gasteiger partial charge in [-0.1, -0.05) is 56.3 Å². The molecule has 3 amide bonds. The van der Waals surface area contributed by atoms with Crippen molar-refractivity contribution in [2.45, 2.75) is 33.0 Å². The Morgan fingerprint density at radius 2 is 1.57 bits per heavy atom. The molecule has 0 spiro atoms. The number of urea groups is 1. The summed E-state index contributed by atoms with van der Waals surface area (Å²) >= 11 is 0. The van der Waals surface area contributed by atoms with Crippen molar-refractivity contribution in [1.29, 1.82) is 0 Å². The van der Waals surface area contributed by atoms with Crippen LogP contribution < -0.4 is 16.0 Å². The minimum Gasteiger partial charge on any atom is -0.350 e. The summed E-state index contributed by atoms with van der Waals surface area (Å²) in [7, 11) is 0. The minimum absolute atomic E-state index is 0.0466. The predicted octanol–water partition coefficient (Wildman–Crippen LogP) is 3.01. The molecule has 3 aromatic rings. The van der Waals surface area contributed by atoms with Crippen molar-refractivity contribution < 1.29 is 9.59 Å². The van der Waals surface area contributed by atoms with Crippen molar-refractivity contribution in [3.63, 3.8) is 0 Å². The van der Waals surface area contributed by atoms with E-state index in [0.29, 0.717) is 13.1 Å². The highest BCUT2D eigenvalue weighted by Crippen LogP contribution is 2.09. The number of hydrogen-bond acceptors (Lipinski definition) is 3. The molecule has 0 aliphatic heterocycles. The van der Waals surface area contributed by atoms with Crippen molar-refractivity contribution >= 4 is 11.9 Å². The molecule has 1 aromatic heterocycles. The fraction of sp³-hybridized carbons (Fsp3) is 0.261. The standard InChI is InChI=1S/C23H27N5O2/c1-17(2)21(27-23(30)25-16-18-7-4-3-5-8-18)22(29)24-15-19-9-11-20(12-10-19)28-14-6-13-26-28/h3-14,17,21H,15-16H2,1-2H3,(H,24,29)(H2,25,27,30). The molecular weight excluding hydrogens is 378 g/mol. The van der Waals surface area contributed by atoms with Crippen LogP contribution in [-0.4, -0.2) is 27.8 Å². The molecule has 0 aliphatic carbocycles. The molecule has 0 saturated carbocycles. The quantitative estimate of drug-likeness (QED) is 0.538. The number of rotatable bonds is 8. The van der Waals surface area contributed by atoms with Gasteiger partial charge in [0.1, 0.15) is 6.04 Å². The topological polar surface area (TPSA) is 88.0 Å². The molecule has 0 radical (unpaired) electrons. The van der Waals surface area contributed by atoms with Gasteiger partial charge in [0.25, 0.3) is 0 Å². The monoisotopic (exact) mass is 405 g/mol. The molecule has 7 nitrogen and oxygen atoms in total. The molecule has 3 rings (SSSR count). The van der Waals surface area contributed by atoms with E-state index in [1.807, 2.05) is 80.7 Å². The zero-order valence-corrected chi connectivity index (χ0v) is 17.2. The normalized spacial score (nSPS) is 11.7. The maximum atomic E-state index is 12.7. The first-order valence-corrected chi connectivity index (χ1v) is 9.98. The summed E-state index contributed by atoms with van der Waals surface area (Å²) in [5.74, 6) is -0.259. The van der Waals surface area contributed by atoms with Gasteiger partial charge in [-0.3, -0.25) is 4.79 Å². The van der Waals surface area contributed by atoms with Crippen LogP contribution >= 0.6 is 0 Å². The van der Waals surface area contributed by atoms with E-state index in [4.69, 9.17) is 0 Å². The van der Waals surface area contributed by atoms with Gasteiger partial charge >= 0.3 is 6.03 Å². The van der Waals surface area contributed by atoms with E-state index in [1.165, 1.54) is 0 Å². The molecule has 2 aromatic carbocycles. The summed E-state index contributed by atoms with van der Waals surface area (Å²) < 4.78 is 1.77. The average molecular weight is 406 g/mol. The van der Waals surface area contributed by atoms with Crippen LogP contribution in [-0.2, 0) is 17.9 Å². The van der Waals surface area contributed by atoms with Crippen LogP contribution in [0.5, 0.6) is 0 Å². The number of hydrogen-bond donors (Lipinski definition) is 3. The Labute approximate surface area is 176 Å². The zero-order valence-electron chi connectivity index (χ0n) is 17.2. The molecule has 3 N–H and O–H groups in total. The van der Waals surface area contributed by atoms with E-state index in [-0.39, 0.29) is 17.9 Å². The second-order valence-electron chi connectivity index (χ2n) is 7.37. The van der Waals surface area contributed by atoms with Gasteiger partial charge in [-0.25, -0.2) is 9.48 Å². The van der Waals surface area contributed by atoms with Gasteiger partial charge in [-0.2, -0.15) is 5.10 Å². The molecule has 156 valence electrons. The molecule has 1 unspecified atom stereocenters. The van der Waals surface area contributed by atoms with Gasteiger partial charge in [-0.05, 0) is 35.2 Å². The number of nitrogens with one attached hydrogen (secondary N) is 3. The van der Waals surface area contributed by atoms with Gasteiger partial charge in [0.05, 0.1) is 5.69 Å². The molecule has 7 heteroatoms. The molecular formula is C23H27N5O2. The Hall–Kier alpha value is -3.61. The molecule has 0 saturated heterocycles. The van der Waals surface area contributed by atoms with Gasteiger partial charge in [0.2, 0.25) is 5.91 Å². The lowest BCUT2D eigenvalue weighted by atomic mass is 10.0. The Balaban J connectivity index is 1.50. The average Bonchev–Trinajstić information content (AvgIpc) is 3.30. The smallest absolute Gasteiger partial charge is 0.315 e. The summed E-state index contributed by atoms with van der Waals surface area (Å²) in [4.78, 5) is 24.9. The van der Waals surface area contributed by atoms with Gasteiger partial charge < -0.3 is 16.0 Å². The maximum Gasteiger partial charge on any atom is 0.315 e. The van der Waals surface area contributed by atoms with Crippen molar-refractivity contribution in [3.05, 3.63) is 84.2 Å². The largest absolute Gasteiger partial charge is 0.350 e. The van der Waals surface area contributed by atoms with Gasteiger partial charge in [-0.15, -0.1) is 0 Å². The van der Waals surface area contributed by atoms with E-state index >= 15 is 0 Å². The van der Waals surface area contributed by atoms with Crippen LogP contribution in [0, 0.1) is 5.92 Å². The highest BCUT2D eigenvalue weighted by atomic mass is 16.2. The van der Waals surface area contributed by atoms with E-state index in [0.717, 1.165) is 16.8 Å². The Morgan fingerprint density at radius 3 is 2.20 bits per heavy atom. The number of nitrogens with zero attached hydrogens (tertiary/aromatic N) is 2. The summed E-state index contributed by atoms with van der Waals surface area (Å²) in [6.45, 7) is 4.59. The lowest BCUT2D eigenvalue weighted by Crippen LogP contribution is -2.52. The SMILES string of the molecule is CC(C)C(NC(=O)NCc1ccccc1)C(=O)NCc1ccc(-n2cccn2)cc1. The van der Waals surface area contributed by atoms with E-state index < -0.39 is 6.04 Å². The third-order valence-corrected chi connectivity index (χ3v) is 4.70. The second-order valence-corrected chi connectivity index (χ2v) is 7.37. The number of carbonyl (C=O) groups is 2. The number of carbonyl (C=O) groups excluding carboxylic acids is 2. The summed E-state index contributed by atoms with van der Waals surface area (Å²) in [5.41, 5.74) is 2.92. The van der Waals surface area contributed by atoms with Crippen LogP contribution in [0.15, 0.2) is 73.1 Å². The van der Waals surface area contributed by atoms with Crippen LogP contribution in [0.3, 0.4) is 0 Å². The molecule has 0 aliphatic rings. The first-order chi connectivity index (χ1) is 14.5. The maximum absolute atomic E-state index is 12.7. The fourth-order valence-electron chi connectivity index (χ4n) is 2.99. The fourth-order valence-corrected chi connectivity index (χ4v) is 2.99. The first kappa shape index (κ1) is 21.1. The van der Waals surface area contributed by atoms with E-state index in [2.05, 4.69) is 21.0 Å². The number of amides is 3. The molecule has 30 heavy (non-hydrogen) atoms. The van der Waals surface area contributed by atoms with E-state index in [1.54, 1.807) is 10.9 Å². The summed E-state index contributed by atoms with van der Waals surface area (Å²) in [6, 6.07) is 18.3. The van der Waals surface area contributed by atoms with Crippen molar-refractivity contribution in [3.8, 4) is 5.69 Å². The van der Waals surface area contributed by atoms with Crippen molar-refractivity contribution in [2.24, 2.45) is 5.92 Å². The van der Waals surface area contributed by atoms with Crippen molar-refractivity contribution in [2.75, 3.05) is 0 Å². The zero-order chi connectivity index (χ0) is 21.3. The van der Waals surface area contributed by atoms with Gasteiger partial charge in [0.15, 0.2) is 0 Å². The number of benzene rings is 2. The molecule has 0 bridgehead atoms. The highest BCUT2D eigenvalue weighted by molar-refractivity contribution is 5.87. The first-order valence-electron chi connectivity index (χ1n) is 9.98. The lowest BCUT2D eigenvalue weighted by Gasteiger charge is -2.22. The van der Waals surface area contributed by atoms with Crippen LogP contribution in [0.1, 0.15) is 25.0 Å². The molecule has 1 heterocycles. The van der Waals surface area contributed by atoms with E-state index in [9.17, 15) is 9.59 Å². The van der Waals surface area contributed by atoms with Crippen molar-refractivity contribution in [1.82, 2.24) is 25.7 Å². The van der Waals surface area contributed by atoms with Gasteiger partial charge in [0, 0.05) is 25.5 Å². The van der Waals surface area contributed by atoms with Crippen LogP contribution in [0.25, 0.3) is 5.69 Å². The molecule has 1 atom stereocenters. The Morgan fingerprint density at radius 1 is 0.900 bits per heavy atom. The third-order valence-electron chi connectivity index (χ3n) is 4.70. The number of aromatic nitrogens is 2.